The summed E-state index contributed by atoms with van der Waals surface area (Å²) in [6.45, 7) is 1.92. The molecule has 5 nitrogen and oxygen atoms in total. The molecule has 2 aromatic heterocycles. The van der Waals surface area contributed by atoms with Crippen LogP contribution in [0, 0.1) is 6.92 Å². The van der Waals surface area contributed by atoms with Crippen LogP contribution in [0.2, 0.25) is 0 Å². The van der Waals surface area contributed by atoms with Gasteiger partial charge in [0.1, 0.15) is 11.7 Å². The minimum atomic E-state index is -0.227. The number of para-hydroxylation sites is 1. The fourth-order valence-electron chi connectivity index (χ4n) is 3.02. The molecule has 1 saturated heterocycles. The number of aromatic nitrogens is 2. The van der Waals surface area contributed by atoms with E-state index >= 15 is 0 Å². The third kappa shape index (κ3) is 3.51. The first-order valence-electron chi connectivity index (χ1n) is 8.58. The van der Waals surface area contributed by atoms with Crippen molar-refractivity contribution in [3.63, 3.8) is 0 Å². The molecule has 1 unspecified atom stereocenters. The molecule has 0 bridgehead atoms. The number of pyridine rings is 2. The van der Waals surface area contributed by atoms with Gasteiger partial charge in [-0.25, -0.2) is 4.98 Å². The number of rotatable bonds is 4. The number of fused-ring (bicyclic) bond motifs is 1. The van der Waals surface area contributed by atoms with Gasteiger partial charge in [0.05, 0.1) is 11.2 Å². The number of benzene rings is 1. The quantitative estimate of drug-likeness (QED) is 0.755. The summed E-state index contributed by atoms with van der Waals surface area (Å²) in [5.74, 6) is 2.19. The number of anilines is 1. The van der Waals surface area contributed by atoms with E-state index in [1.807, 2.05) is 49.0 Å². The molecule has 0 radical (unpaired) electrons. The summed E-state index contributed by atoms with van der Waals surface area (Å²) in [5, 5.41) is 3.91. The third-order valence-electron chi connectivity index (χ3n) is 4.27. The highest BCUT2D eigenvalue weighted by atomic mass is 32.2. The van der Waals surface area contributed by atoms with E-state index in [-0.39, 0.29) is 12.0 Å². The monoisotopic (exact) mass is 365 g/mol. The number of thioether (sulfide) groups is 1. The van der Waals surface area contributed by atoms with E-state index in [0.29, 0.717) is 11.4 Å². The Bertz CT molecular complexity index is 955. The van der Waals surface area contributed by atoms with Crippen LogP contribution in [-0.4, -0.2) is 33.5 Å². The van der Waals surface area contributed by atoms with Crippen LogP contribution in [0.1, 0.15) is 22.5 Å². The van der Waals surface area contributed by atoms with Crippen LogP contribution in [0.25, 0.3) is 10.9 Å². The number of carbonyl (C=O) groups is 1. The van der Waals surface area contributed by atoms with Crippen molar-refractivity contribution in [1.82, 2.24) is 9.97 Å². The lowest BCUT2D eigenvalue weighted by Crippen LogP contribution is -2.20. The second-order valence-corrected chi connectivity index (χ2v) is 7.39. The van der Waals surface area contributed by atoms with E-state index in [1.54, 1.807) is 18.3 Å². The average molecular weight is 365 g/mol. The molecule has 1 fully saturated rings. The first-order chi connectivity index (χ1) is 12.7. The Balaban J connectivity index is 1.63. The average Bonchev–Trinajstić information content (AvgIpc) is 3.15. The Morgan fingerprint density at radius 2 is 2.15 bits per heavy atom. The number of aryl methyl sites for hydroxylation is 1. The van der Waals surface area contributed by atoms with E-state index < -0.39 is 0 Å². The molecule has 1 aliphatic heterocycles. The summed E-state index contributed by atoms with van der Waals surface area (Å²) in [4.78, 5) is 21.7. The van der Waals surface area contributed by atoms with E-state index in [2.05, 4.69) is 15.3 Å². The van der Waals surface area contributed by atoms with Crippen molar-refractivity contribution in [1.29, 1.82) is 0 Å². The van der Waals surface area contributed by atoms with Crippen LogP contribution in [0.4, 0.5) is 5.69 Å². The molecule has 1 N–H and O–H groups in total. The maximum atomic E-state index is 12.9. The molecule has 3 heterocycles. The molecule has 4 rings (SSSR count). The first kappa shape index (κ1) is 16.8. The maximum absolute atomic E-state index is 12.9. The molecule has 6 heteroatoms. The molecular weight excluding hydrogens is 346 g/mol. The first-order valence-corrected chi connectivity index (χ1v) is 9.73. The van der Waals surface area contributed by atoms with Crippen molar-refractivity contribution >= 4 is 34.3 Å². The number of hydrogen-bond donors (Lipinski definition) is 1. The molecular formula is C20H19N3O2S. The van der Waals surface area contributed by atoms with Gasteiger partial charge in [0.15, 0.2) is 0 Å². The molecule has 1 aliphatic rings. The Hall–Kier alpha value is -2.60. The molecule has 0 aliphatic carbocycles. The molecule has 132 valence electrons. The van der Waals surface area contributed by atoms with Crippen LogP contribution in [0.3, 0.4) is 0 Å². The minimum absolute atomic E-state index is 0.116. The lowest BCUT2D eigenvalue weighted by atomic mass is 10.1. The van der Waals surface area contributed by atoms with E-state index in [0.717, 1.165) is 40.2 Å². The highest BCUT2D eigenvalue weighted by Gasteiger charge is 2.21. The number of hydrogen-bond acceptors (Lipinski definition) is 5. The predicted molar refractivity (Wildman–Crippen MR) is 105 cm³/mol. The summed E-state index contributed by atoms with van der Waals surface area (Å²) in [6.07, 6.45) is 2.75. The van der Waals surface area contributed by atoms with Gasteiger partial charge in [0, 0.05) is 23.0 Å². The van der Waals surface area contributed by atoms with Gasteiger partial charge in [-0.3, -0.25) is 9.78 Å². The lowest BCUT2D eigenvalue weighted by molar-refractivity contribution is 0.101. The third-order valence-corrected chi connectivity index (χ3v) is 5.41. The van der Waals surface area contributed by atoms with Crippen molar-refractivity contribution in [2.45, 2.75) is 19.4 Å². The fraction of sp³-hybridized carbons (Fsp3) is 0.250. The van der Waals surface area contributed by atoms with Crippen molar-refractivity contribution < 1.29 is 9.53 Å². The van der Waals surface area contributed by atoms with Gasteiger partial charge < -0.3 is 10.1 Å². The van der Waals surface area contributed by atoms with Crippen LogP contribution in [0.15, 0.2) is 48.7 Å². The topological polar surface area (TPSA) is 64.1 Å². The Morgan fingerprint density at radius 3 is 3.00 bits per heavy atom. The molecule has 0 spiro atoms. The second kappa shape index (κ2) is 7.33. The zero-order chi connectivity index (χ0) is 17.9. The molecule has 0 saturated carbocycles. The second-order valence-electron chi connectivity index (χ2n) is 6.24. The summed E-state index contributed by atoms with van der Waals surface area (Å²) in [7, 11) is 0. The summed E-state index contributed by atoms with van der Waals surface area (Å²) in [6, 6.07) is 13.1. The Morgan fingerprint density at radius 1 is 1.27 bits per heavy atom. The molecule has 1 amide bonds. The van der Waals surface area contributed by atoms with E-state index in [4.69, 9.17) is 4.74 Å². The number of ether oxygens (including phenoxy) is 1. The van der Waals surface area contributed by atoms with Crippen molar-refractivity contribution in [3.8, 4) is 5.88 Å². The van der Waals surface area contributed by atoms with E-state index in [1.165, 1.54) is 0 Å². The van der Waals surface area contributed by atoms with Crippen LogP contribution in [0.5, 0.6) is 5.88 Å². The highest BCUT2D eigenvalue weighted by Crippen LogP contribution is 2.27. The van der Waals surface area contributed by atoms with E-state index in [9.17, 15) is 4.79 Å². The Labute approximate surface area is 156 Å². The number of carbonyl (C=O) groups excluding carboxylic acids is 1. The highest BCUT2D eigenvalue weighted by molar-refractivity contribution is 7.99. The van der Waals surface area contributed by atoms with Gasteiger partial charge in [-0.2, -0.15) is 11.8 Å². The van der Waals surface area contributed by atoms with Gasteiger partial charge in [0.25, 0.3) is 5.91 Å². The van der Waals surface area contributed by atoms with Gasteiger partial charge in [-0.1, -0.05) is 18.2 Å². The smallest absolute Gasteiger partial charge is 0.261 e. The van der Waals surface area contributed by atoms with Crippen LogP contribution < -0.4 is 10.1 Å². The SMILES string of the molecule is Cc1cc(NC(=O)c2cccnc2OC2CCSC2)c2ccccc2n1. The molecule has 26 heavy (non-hydrogen) atoms. The largest absolute Gasteiger partial charge is 0.473 e. The number of nitrogens with one attached hydrogen (secondary N) is 1. The van der Waals surface area contributed by atoms with Gasteiger partial charge in [0.2, 0.25) is 5.88 Å². The van der Waals surface area contributed by atoms with Gasteiger partial charge in [-0.05, 0) is 43.4 Å². The van der Waals surface area contributed by atoms with Crippen molar-refractivity contribution in [2.75, 3.05) is 16.8 Å². The van der Waals surface area contributed by atoms with Crippen LogP contribution >= 0.6 is 11.8 Å². The zero-order valence-corrected chi connectivity index (χ0v) is 15.3. The molecule has 1 atom stereocenters. The maximum Gasteiger partial charge on any atom is 0.261 e. The van der Waals surface area contributed by atoms with Gasteiger partial charge in [-0.15, -0.1) is 0 Å². The predicted octanol–water partition coefficient (Wildman–Crippen LogP) is 4.07. The summed E-state index contributed by atoms with van der Waals surface area (Å²) in [5.41, 5.74) is 2.89. The summed E-state index contributed by atoms with van der Waals surface area (Å²) < 4.78 is 5.97. The fourth-order valence-corrected chi connectivity index (χ4v) is 4.12. The summed E-state index contributed by atoms with van der Waals surface area (Å²) >= 11 is 1.86. The normalized spacial score (nSPS) is 16.6. The number of nitrogens with zero attached hydrogens (tertiary/aromatic N) is 2. The van der Waals surface area contributed by atoms with Gasteiger partial charge >= 0.3 is 0 Å². The molecule has 3 aromatic rings. The zero-order valence-electron chi connectivity index (χ0n) is 14.4. The standard InChI is InChI=1S/C20H19N3O2S/c1-13-11-18(15-5-2-3-7-17(15)22-13)23-19(24)16-6-4-9-21-20(16)25-14-8-10-26-12-14/h2-7,9,11,14H,8,10,12H2,1H3,(H,22,23,24). The lowest BCUT2D eigenvalue weighted by Gasteiger charge is -2.15. The Kier molecular flexibility index (Phi) is 4.75. The van der Waals surface area contributed by atoms with Crippen molar-refractivity contribution in [2.24, 2.45) is 0 Å². The minimum Gasteiger partial charge on any atom is -0.473 e. The van der Waals surface area contributed by atoms with Crippen LogP contribution in [-0.2, 0) is 0 Å². The molecule has 1 aromatic carbocycles. The number of amides is 1. The van der Waals surface area contributed by atoms with Crippen molar-refractivity contribution in [3.05, 3.63) is 59.9 Å².